The van der Waals surface area contributed by atoms with E-state index < -0.39 is 0 Å². The highest BCUT2D eigenvalue weighted by Crippen LogP contribution is 2.27. The number of hydrogen-bond acceptors (Lipinski definition) is 4. The lowest BCUT2D eigenvalue weighted by Crippen LogP contribution is -2.55. The normalized spacial score (nSPS) is 27.3. The predicted molar refractivity (Wildman–Crippen MR) is 76.7 cm³/mol. The van der Waals surface area contributed by atoms with E-state index in [1.165, 1.54) is 19.4 Å². The number of nitrogen functional groups attached to an aromatic ring is 1. The van der Waals surface area contributed by atoms with Crippen LogP contribution in [0.5, 0.6) is 0 Å². The largest absolute Gasteiger partial charge is 0.384 e. The molecule has 5 heteroatoms. The number of aromatic nitrogens is 1. The summed E-state index contributed by atoms with van der Waals surface area (Å²) in [5.41, 5.74) is 6.15. The molecule has 0 saturated carbocycles. The van der Waals surface area contributed by atoms with E-state index >= 15 is 0 Å². The van der Waals surface area contributed by atoms with Gasteiger partial charge in [0.15, 0.2) is 0 Å². The highest BCUT2D eigenvalue weighted by molar-refractivity contribution is 5.94. The summed E-state index contributed by atoms with van der Waals surface area (Å²) in [6, 6.07) is 5.05. The maximum atomic E-state index is 7.40. The van der Waals surface area contributed by atoms with Crippen LogP contribution in [0.4, 0.5) is 5.82 Å². The molecule has 2 fully saturated rings. The minimum atomic E-state index is 0.0766. The summed E-state index contributed by atoms with van der Waals surface area (Å²) in [6.07, 6.45) is 4.32. The van der Waals surface area contributed by atoms with Crippen molar-refractivity contribution in [2.75, 3.05) is 24.5 Å². The first-order valence-electron chi connectivity index (χ1n) is 6.96. The molecule has 0 bridgehead atoms. The minimum absolute atomic E-state index is 0.0766. The lowest BCUT2D eigenvalue weighted by molar-refractivity contribution is 0.202. The maximum absolute atomic E-state index is 7.40. The fourth-order valence-corrected chi connectivity index (χ4v) is 3.22. The Bertz CT molecular complexity index is 469. The van der Waals surface area contributed by atoms with Crippen LogP contribution in [0.3, 0.4) is 0 Å². The van der Waals surface area contributed by atoms with E-state index in [1.807, 2.05) is 12.1 Å². The lowest BCUT2D eigenvalue weighted by atomic mass is 10.1. The molecule has 1 aromatic rings. The summed E-state index contributed by atoms with van der Waals surface area (Å²) >= 11 is 0. The molecule has 0 amide bonds. The first-order valence-corrected chi connectivity index (χ1v) is 6.96. The van der Waals surface area contributed by atoms with E-state index in [0.717, 1.165) is 18.9 Å². The van der Waals surface area contributed by atoms with Crippen molar-refractivity contribution in [1.29, 1.82) is 5.41 Å². The molecule has 2 atom stereocenters. The number of piperazine rings is 1. The third kappa shape index (κ3) is 2.30. The second-order valence-electron chi connectivity index (χ2n) is 5.61. The number of pyridine rings is 1. The molecule has 3 heterocycles. The Morgan fingerprint density at radius 3 is 2.95 bits per heavy atom. The molecule has 3 N–H and O–H groups in total. The van der Waals surface area contributed by atoms with Gasteiger partial charge in [0.05, 0.1) is 0 Å². The van der Waals surface area contributed by atoms with E-state index in [0.29, 0.717) is 17.6 Å². The topological polar surface area (TPSA) is 69.2 Å². The standard InChI is InChI=1S/C14H21N5/c1-10-8-18-6-2-3-12(18)9-19(10)13-5-4-11(7-17-13)14(15)16/h4-5,7,10,12H,2-3,6,8-9H2,1H3,(H3,15,16). The van der Waals surface area contributed by atoms with Crippen molar-refractivity contribution in [1.82, 2.24) is 9.88 Å². The molecule has 0 aromatic carbocycles. The number of amidine groups is 1. The van der Waals surface area contributed by atoms with E-state index in [9.17, 15) is 0 Å². The number of nitrogens with two attached hydrogens (primary N) is 1. The van der Waals surface area contributed by atoms with Crippen LogP contribution in [0.15, 0.2) is 18.3 Å². The number of nitrogens with zero attached hydrogens (tertiary/aromatic N) is 3. The Kier molecular flexibility index (Phi) is 3.14. The van der Waals surface area contributed by atoms with Gasteiger partial charge in [0.1, 0.15) is 11.7 Å². The molecule has 0 aliphatic carbocycles. The average Bonchev–Trinajstić information content (AvgIpc) is 2.85. The van der Waals surface area contributed by atoms with Gasteiger partial charge in [-0.3, -0.25) is 10.3 Å². The number of nitrogens with one attached hydrogen (secondary N) is 1. The highest BCUT2D eigenvalue weighted by atomic mass is 15.3. The third-order valence-electron chi connectivity index (χ3n) is 4.29. The summed E-state index contributed by atoms with van der Waals surface area (Å²) in [6.45, 7) is 5.70. The van der Waals surface area contributed by atoms with Crippen molar-refractivity contribution in [3.8, 4) is 0 Å². The molecule has 2 saturated heterocycles. The number of rotatable bonds is 2. The minimum Gasteiger partial charge on any atom is -0.384 e. The van der Waals surface area contributed by atoms with Gasteiger partial charge in [-0.1, -0.05) is 0 Å². The second kappa shape index (κ2) is 4.81. The van der Waals surface area contributed by atoms with E-state index in [2.05, 4.69) is 21.7 Å². The van der Waals surface area contributed by atoms with Crippen molar-refractivity contribution >= 4 is 11.7 Å². The van der Waals surface area contributed by atoms with Crippen LogP contribution in [0, 0.1) is 5.41 Å². The van der Waals surface area contributed by atoms with Crippen LogP contribution in [0.25, 0.3) is 0 Å². The van der Waals surface area contributed by atoms with Crippen LogP contribution in [0.1, 0.15) is 25.3 Å². The molecule has 3 rings (SSSR count). The number of anilines is 1. The second-order valence-corrected chi connectivity index (χ2v) is 5.61. The summed E-state index contributed by atoms with van der Waals surface area (Å²) in [5.74, 6) is 1.08. The van der Waals surface area contributed by atoms with Gasteiger partial charge in [0.2, 0.25) is 0 Å². The molecular weight excluding hydrogens is 238 g/mol. The van der Waals surface area contributed by atoms with Crippen molar-refractivity contribution in [2.45, 2.75) is 31.8 Å². The first-order chi connectivity index (χ1) is 9.15. The van der Waals surface area contributed by atoms with Gasteiger partial charge in [-0.05, 0) is 38.4 Å². The molecule has 2 aliphatic heterocycles. The Balaban J connectivity index is 1.79. The van der Waals surface area contributed by atoms with Crippen molar-refractivity contribution < 1.29 is 0 Å². The molecule has 102 valence electrons. The molecule has 0 radical (unpaired) electrons. The molecule has 0 spiro atoms. The van der Waals surface area contributed by atoms with Crippen LogP contribution >= 0.6 is 0 Å². The van der Waals surface area contributed by atoms with Gasteiger partial charge in [0, 0.05) is 36.9 Å². The van der Waals surface area contributed by atoms with Crippen molar-refractivity contribution in [2.24, 2.45) is 5.73 Å². The zero-order valence-electron chi connectivity index (χ0n) is 11.3. The van der Waals surface area contributed by atoms with Crippen LogP contribution < -0.4 is 10.6 Å². The summed E-state index contributed by atoms with van der Waals surface area (Å²) in [4.78, 5) is 9.46. The Labute approximate surface area is 113 Å². The average molecular weight is 259 g/mol. The van der Waals surface area contributed by atoms with Gasteiger partial charge in [0.25, 0.3) is 0 Å². The van der Waals surface area contributed by atoms with Gasteiger partial charge >= 0.3 is 0 Å². The van der Waals surface area contributed by atoms with E-state index in [1.54, 1.807) is 6.20 Å². The molecule has 2 aliphatic rings. The van der Waals surface area contributed by atoms with Crippen molar-refractivity contribution in [3.05, 3.63) is 23.9 Å². The number of fused-ring (bicyclic) bond motifs is 1. The first kappa shape index (κ1) is 12.4. The Morgan fingerprint density at radius 1 is 1.42 bits per heavy atom. The molecule has 19 heavy (non-hydrogen) atoms. The molecular formula is C14H21N5. The zero-order valence-corrected chi connectivity index (χ0v) is 11.3. The summed E-state index contributed by atoms with van der Waals surface area (Å²) in [5, 5.41) is 7.40. The predicted octanol–water partition coefficient (Wildman–Crippen LogP) is 1.04. The van der Waals surface area contributed by atoms with E-state index in [-0.39, 0.29) is 5.84 Å². The third-order valence-corrected chi connectivity index (χ3v) is 4.29. The molecule has 1 aromatic heterocycles. The van der Waals surface area contributed by atoms with E-state index in [4.69, 9.17) is 11.1 Å². The Hall–Kier alpha value is -1.62. The van der Waals surface area contributed by atoms with Gasteiger partial charge in [-0.25, -0.2) is 4.98 Å². The fourth-order valence-electron chi connectivity index (χ4n) is 3.22. The lowest BCUT2D eigenvalue weighted by Gasteiger charge is -2.43. The van der Waals surface area contributed by atoms with Crippen molar-refractivity contribution in [3.63, 3.8) is 0 Å². The number of hydrogen-bond donors (Lipinski definition) is 2. The van der Waals surface area contributed by atoms with Crippen LogP contribution in [-0.2, 0) is 0 Å². The summed E-state index contributed by atoms with van der Waals surface area (Å²) < 4.78 is 0. The van der Waals surface area contributed by atoms with Crippen LogP contribution in [0.2, 0.25) is 0 Å². The van der Waals surface area contributed by atoms with Crippen LogP contribution in [-0.4, -0.2) is 47.4 Å². The quantitative estimate of drug-likeness (QED) is 0.615. The maximum Gasteiger partial charge on any atom is 0.128 e. The van der Waals surface area contributed by atoms with Gasteiger partial charge in [-0.15, -0.1) is 0 Å². The van der Waals surface area contributed by atoms with Gasteiger partial charge in [-0.2, -0.15) is 0 Å². The fraction of sp³-hybridized carbons (Fsp3) is 0.571. The molecule has 5 nitrogen and oxygen atoms in total. The monoisotopic (exact) mass is 259 g/mol. The Morgan fingerprint density at radius 2 is 2.26 bits per heavy atom. The highest BCUT2D eigenvalue weighted by Gasteiger charge is 2.34. The smallest absolute Gasteiger partial charge is 0.128 e. The molecule has 2 unspecified atom stereocenters. The SMILES string of the molecule is CC1CN2CCCC2CN1c1ccc(C(=N)N)cn1. The van der Waals surface area contributed by atoms with Gasteiger partial charge < -0.3 is 10.6 Å². The zero-order chi connectivity index (χ0) is 13.4. The summed E-state index contributed by atoms with van der Waals surface area (Å²) in [7, 11) is 0.